The lowest BCUT2D eigenvalue weighted by molar-refractivity contribution is 0.0592. The Labute approximate surface area is 145 Å². The number of carbonyl (C=O) groups excluding carboxylic acids is 1. The second-order valence-electron chi connectivity index (χ2n) is 6.33. The molecular weight excluding hydrogens is 316 g/mol. The quantitative estimate of drug-likeness (QED) is 0.715. The summed E-state index contributed by atoms with van der Waals surface area (Å²) in [5.74, 6) is -0.370. The second-order valence-corrected chi connectivity index (χ2v) is 6.33. The first-order valence-electron chi connectivity index (χ1n) is 8.46. The van der Waals surface area contributed by atoms with Crippen LogP contribution in [0.2, 0.25) is 0 Å². The van der Waals surface area contributed by atoms with Crippen molar-refractivity contribution in [3.05, 3.63) is 59.0 Å². The Kier molecular flexibility index (Phi) is 4.19. The molecule has 0 fully saturated rings. The average molecular weight is 336 g/mol. The van der Waals surface area contributed by atoms with E-state index < -0.39 is 0 Å². The summed E-state index contributed by atoms with van der Waals surface area (Å²) >= 11 is 0. The number of nitrogens with zero attached hydrogens (tertiary/aromatic N) is 2. The first-order chi connectivity index (χ1) is 12.3. The van der Waals surface area contributed by atoms with Crippen molar-refractivity contribution < 1.29 is 9.53 Å². The van der Waals surface area contributed by atoms with E-state index in [9.17, 15) is 4.79 Å². The molecule has 1 aromatic carbocycles. The van der Waals surface area contributed by atoms with Gasteiger partial charge in [-0.05, 0) is 24.5 Å². The van der Waals surface area contributed by atoms with Gasteiger partial charge in [-0.1, -0.05) is 24.3 Å². The number of carbonyl (C=O) groups is 1. The number of aromatic amines is 1. The highest BCUT2D eigenvalue weighted by atomic mass is 16.5. The second kappa shape index (κ2) is 6.64. The van der Waals surface area contributed by atoms with Crippen LogP contribution in [0.15, 0.2) is 36.5 Å². The minimum Gasteiger partial charge on any atom is -0.464 e. The summed E-state index contributed by atoms with van der Waals surface area (Å²) in [7, 11) is 1.38. The Hall–Kier alpha value is -2.73. The molecule has 1 unspecified atom stereocenters. The Morgan fingerprint density at radius 2 is 2.24 bits per heavy atom. The highest BCUT2D eigenvalue weighted by Crippen LogP contribution is 2.24. The normalized spacial score (nSPS) is 16.6. The van der Waals surface area contributed by atoms with Crippen molar-refractivity contribution in [2.75, 3.05) is 7.11 Å². The van der Waals surface area contributed by atoms with Crippen molar-refractivity contribution >= 4 is 16.9 Å². The monoisotopic (exact) mass is 336 g/mol. The van der Waals surface area contributed by atoms with Crippen LogP contribution in [0.4, 0.5) is 0 Å². The topological polar surface area (TPSA) is 79.9 Å². The summed E-state index contributed by atoms with van der Waals surface area (Å²) < 4.78 is 4.79. The number of esters is 1. The van der Waals surface area contributed by atoms with Gasteiger partial charge in [0.2, 0.25) is 0 Å². The van der Waals surface area contributed by atoms with Crippen LogP contribution in [0.3, 0.4) is 0 Å². The van der Waals surface area contributed by atoms with Gasteiger partial charge >= 0.3 is 5.97 Å². The number of methoxy groups -OCH3 is 1. The van der Waals surface area contributed by atoms with Crippen LogP contribution < -0.4 is 5.32 Å². The van der Waals surface area contributed by atoms with Gasteiger partial charge in [-0.3, -0.25) is 10.1 Å². The van der Waals surface area contributed by atoms with Crippen molar-refractivity contribution in [1.29, 1.82) is 0 Å². The van der Waals surface area contributed by atoms with E-state index in [-0.39, 0.29) is 5.97 Å². The molecule has 1 aliphatic rings. The van der Waals surface area contributed by atoms with E-state index in [2.05, 4.69) is 44.8 Å². The lowest BCUT2D eigenvalue weighted by Gasteiger charge is -2.23. The van der Waals surface area contributed by atoms with Crippen LogP contribution in [0.1, 0.15) is 33.7 Å². The fourth-order valence-electron chi connectivity index (χ4n) is 3.51. The SMILES string of the molecule is COC(=O)c1n[nH]c2c1CCC(NCc1cccc3cccnc13)C2. The maximum Gasteiger partial charge on any atom is 0.358 e. The van der Waals surface area contributed by atoms with Crippen molar-refractivity contribution in [1.82, 2.24) is 20.5 Å². The van der Waals surface area contributed by atoms with Gasteiger partial charge in [-0.2, -0.15) is 5.10 Å². The largest absolute Gasteiger partial charge is 0.464 e. The minimum absolute atomic E-state index is 0.345. The van der Waals surface area contributed by atoms with Gasteiger partial charge in [0.05, 0.1) is 12.6 Å². The van der Waals surface area contributed by atoms with Crippen molar-refractivity contribution in [2.45, 2.75) is 31.8 Å². The molecule has 25 heavy (non-hydrogen) atoms. The molecular formula is C19H20N4O2. The molecule has 6 heteroatoms. The van der Waals surface area contributed by atoms with Gasteiger partial charge in [0, 0.05) is 41.8 Å². The number of nitrogens with one attached hydrogen (secondary N) is 2. The van der Waals surface area contributed by atoms with E-state index in [4.69, 9.17) is 4.74 Å². The number of para-hydroxylation sites is 1. The summed E-state index contributed by atoms with van der Waals surface area (Å²) in [6, 6.07) is 10.6. The molecule has 2 N–H and O–H groups in total. The van der Waals surface area contributed by atoms with Crippen LogP contribution in [-0.2, 0) is 24.1 Å². The Bertz CT molecular complexity index is 913. The van der Waals surface area contributed by atoms with E-state index >= 15 is 0 Å². The van der Waals surface area contributed by atoms with E-state index in [0.29, 0.717) is 11.7 Å². The Balaban J connectivity index is 1.46. The number of aromatic nitrogens is 3. The van der Waals surface area contributed by atoms with Gasteiger partial charge in [0.25, 0.3) is 0 Å². The molecule has 4 rings (SSSR count). The molecule has 3 aromatic rings. The third-order valence-electron chi connectivity index (χ3n) is 4.82. The fraction of sp³-hybridized carbons (Fsp3) is 0.316. The summed E-state index contributed by atoms with van der Waals surface area (Å²) in [6.45, 7) is 0.770. The van der Waals surface area contributed by atoms with E-state index in [0.717, 1.165) is 48.0 Å². The number of H-pyrrole nitrogens is 1. The molecule has 1 aliphatic carbocycles. The van der Waals surface area contributed by atoms with Crippen LogP contribution in [0, 0.1) is 0 Å². The molecule has 0 aliphatic heterocycles. The lowest BCUT2D eigenvalue weighted by Crippen LogP contribution is -2.34. The lowest BCUT2D eigenvalue weighted by atomic mass is 9.91. The van der Waals surface area contributed by atoms with E-state index in [1.54, 1.807) is 0 Å². The first kappa shape index (κ1) is 15.8. The highest BCUT2D eigenvalue weighted by Gasteiger charge is 2.26. The van der Waals surface area contributed by atoms with Crippen LogP contribution in [0.5, 0.6) is 0 Å². The number of hydrogen-bond donors (Lipinski definition) is 2. The smallest absolute Gasteiger partial charge is 0.358 e. The third kappa shape index (κ3) is 3.00. The van der Waals surface area contributed by atoms with Gasteiger partial charge in [-0.25, -0.2) is 4.79 Å². The number of pyridine rings is 1. The third-order valence-corrected chi connectivity index (χ3v) is 4.82. The molecule has 0 bridgehead atoms. The number of rotatable bonds is 4. The molecule has 0 spiro atoms. The maximum atomic E-state index is 11.7. The fourth-order valence-corrected chi connectivity index (χ4v) is 3.51. The molecule has 128 valence electrons. The molecule has 1 atom stereocenters. The summed E-state index contributed by atoms with van der Waals surface area (Å²) in [4.78, 5) is 16.2. The van der Waals surface area contributed by atoms with Crippen LogP contribution >= 0.6 is 0 Å². The van der Waals surface area contributed by atoms with E-state index in [1.165, 1.54) is 12.7 Å². The predicted octanol–water partition coefficient (Wildman–Crippen LogP) is 2.39. The molecule has 2 aromatic heterocycles. The maximum absolute atomic E-state index is 11.7. The van der Waals surface area contributed by atoms with Crippen molar-refractivity contribution in [3.63, 3.8) is 0 Å². The van der Waals surface area contributed by atoms with Crippen LogP contribution in [0.25, 0.3) is 10.9 Å². The van der Waals surface area contributed by atoms with Crippen molar-refractivity contribution in [3.8, 4) is 0 Å². The minimum atomic E-state index is -0.370. The van der Waals surface area contributed by atoms with Crippen molar-refractivity contribution in [2.24, 2.45) is 0 Å². The van der Waals surface area contributed by atoms with Gasteiger partial charge < -0.3 is 10.1 Å². The Morgan fingerprint density at radius 1 is 1.36 bits per heavy atom. The van der Waals surface area contributed by atoms with Crippen LogP contribution in [-0.4, -0.2) is 34.3 Å². The first-order valence-corrected chi connectivity index (χ1v) is 8.46. The van der Waals surface area contributed by atoms with Gasteiger partial charge in [0.1, 0.15) is 0 Å². The molecule has 0 amide bonds. The summed E-state index contributed by atoms with van der Waals surface area (Å²) in [5, 5.41) is 11.9. The van der Waals surface area contributed by atoms with Gasteiger partial charge in [-0.15, -0.1) is 0 Å². The zero-order valence-electron chi connectivity index (χ0n) is 14.1. The number of ether oxygens (including phenoxy) is 1. The molecule has 6 nitrogen and oxygen atoms in total. The molecule has 2 heterocycles. The number of benzene rings is 1. The molecule has 0 saturated carbocycles. The summed E-state index contributed by atoms with van der Waals surface area (Å²) in [5.41, 5.74) is 4.69. The van der Waals surface area contributed by atoms with Gasteiger partial charge in [0.15, 0.2) is 5.69 Å². The van der Waals surface area contributed by atoms with E-state index in [1.807, 2.05) is 12.3 Å². The number of fused-ring (bicyclic) bond motifs is 2. The average Bonchev–Trinajstić information content (AvgIpc) is 3.09. The number of hydrogen-bond acceptors (Lipinski definition) is 5. The summed E-state index contributed by atoms with van der Waals surface area (Å²) in [6.07, 6.45) is 4.45. The standard InChI is InChI=1S/C19H20N4O2/c1-25-19(24)18-15-8-7-14(10-16(15)22-23-18)21-11-13-5-2-4-12-6-3-9-20-17(12)13/h2-6,9,14,21H,7-8,10-11H2,1H3,(H,22,23). The Morgan fingerprint density at radius 3 is 3.12 bits per heavy atom. The molecule has 0 saturated heterocycles. The predicted molar refractivity (Wildman–Crippen MR) is 94.3 cm³/mol. The molecule has 0 radical (unpaired) electrons. The zero-order valence-corrected chi connectivity index (χ0v) is 14.1. The highest BCUT2D eigenvalue weighted by molar-refractivity contribution is 5.89. The zero-order chi connectivity index (χ0) is 17.2.